The van der Waals surface area contributed by atoms with Crippen LogP contribution < -0.4 is 0 Å². The van der Waals surface area contributed by atoms with Crippen molar-refractivity contribution in [3.05, 3.63) is 57.2 Å². The number of nitrogens with zero attached hydrogens (tertiary/aromatic N) is 3. The molecule has 1 aliphatic rings. The zero-order valence-corrected chi connectivity index (χ0v) is 14.6. The van der Waals surface area contributed by atoms with Crippen LogP contribution in [0.25, 0.3) is 10.7 Å². The lowest BCUT2D eigenvalue weighted by atomic mass is 9.99. The zero-order valence-electron chi connectivity index (χ0n) is 12.3. The number of thiophene rings is 1. The first kappa shape index (κ1) is 15.6. The third-order valence-corrected chi connectivity index (χ3v) is 5.11. The van der Waals surface area contributed by atoms with Gasteiger partial charge in [0.05, 0.1) is 10.8 Å². The van der Waals surface area contributed by atoms with E-state index in [1.807, 2.05) is 17.5 Å². The Balaban J connectivity index is 1.44. The molecule has 0 saturated carbocycles. The minimum atomic E-state index is -0.103. The molecule has 0 atom stereocenters. The van der Waals surface area contributed by atoms with E-state index in [-0.39, 0.29) is 11.8 Å². The summed E-state index contributed by atoms with van der Waals surface area (Å²) in [6, 6.07) is 8.72. The molecular weight excluding hydrogens is 369 g/mol. The van der Waals surface area contributed by atoms with Crippen LogP contribution in [-0.4, -0.2) is 34.0 Å². The highest BCUT2D eigenvalue weighted by atomic mass is 35.5. The van der Waals surface area contributed by atoms with Crippen molar-refractivity contribution >= 4 is 40.4 Å². The molecule has 24 heavy (non-hydrogen) atoms. The van der Waals surface area contributed by atoms with Crippen molar-refractivity contribution in [2.24, 2.45) is 0 Å². The molecule has 1 saturated heterocycles. The molecule has 8 heteroatoms. The third-order valence-electron chi connectivity index (χ3n) is 3.81. The molecule has 3 aromatic rings. The number of rotatable bonds is 3. The molecular formula is C16H11Cl2N3O2S. The second-order valence-corrected chi connectivity index (χ2v) is 7.32. The van der Waals surface area contributed by atoms with E-state index in [4.69, 9.17) is 27.7 Å². The highest BCUT2D eigenvalue weighted by Gasteiger charge is 2.36. The molecule has 1 amide bonds. The van der Waals surface area contributed by atoms with E-state index in [0.29, 0.717) is 40.4 Å². The van der Waals surface area contributed by atoms with Crippen LogP contribution in [0, 0.1) is 0 Å². The van der Waals surface area contributed by atoms with Gasteiger partial charge in [-0.3, -0.25) is 4.79 Å². The number of carbonyl (C=O) groups excluding carboxylic acids is 1. The van der Waals surface area contributed by atoms with E-state index in [1.54, 1.807) is 34.4 Å². The van der Waals surface area contributed by atoms with Gasteiger partial charge in [0.25, 0.3) is 5.91 Å². The van der Waals surface area contributed by atoms with Gasteiger partial charge >= 0.3 is 0 Å². The molecule has 0 bridgehead atoms. The molecule has 0 radical (unpaired) electrons. The molecule has 4 rings (SSSR count). The Morgan fingerprint density at radius 1 is 1.25 bits per heavy atom. The van der Waals surface area contributed by atoms with E-state index < -0.39 is 0 Å². The molecule has 0 aliphatic carbocycles. The maximum atomic E-state index is 12.4. The Kier molecular flexibility index (Phi) is 4.04. The Bertz CT molecular complexity index is 868. The standard InChI is InChI=1S/C16H11Cl2N3O2S/c17-11-4-9(5-12(18)6-11)16(22)21-7-10(8-21)15-19-14(20-23-15)13-2-1-3-24-13/h1-6,10H,7-8H2. The highest BCUT2D eigenvalue weighted by molar-refractivity contribution is 7.13. The largest absolute Gasteiger partial charge is 0.339 e. The van der Waals surface area contributed by atoms with Gasteiger partial charge in [0.1, 0.15) is 0 Å². The van der Waals surface area contributed by atoms with E-state index >= 15 is 0 Å². The molecule has 0 spiro atoms. The van der Waals surface area contributed by atoms with E-state index in [1.165, 1.54) is 0 Å². The molecule has 122 valence electrons. The summed E-state index contributed by atoms with van der Waals surface area (Å²) in [5.41, 5.74) is 0.482. The van der Waals surface area contributed by atoms with Gasteiger partial charge in [-0.05, 0) is 29.6 Å². The average molecular weight is 380 g/mol. The van der Waals surface area contributed by atoms with Crippen LogP contribution >= 0.6 is 34.5 Å². The molecule has 0 N–H and O–H groups in total. The first-order chi connectivity index (χ1) is 11.6. The van der Waals surface area contributed by atoms with E-state index in [2.05, 4.69) is 10.1 Å². The van der Waals surface area contributed by atoms with Crippen molar-refractivity contribution < 1.29 is 9.32 Å². The lowest BCUT2D eigenvalue weighted by Crippen LogP contribution is -2.48. The van der Waals surface area contributed by atoms with Crippen LogP contribution in [0.15, 0.2) is 40.2 Å². The summed E-state index contributed by atoms with van der Waals surface area (Å²) in [6.07, 6.45) is 0. The predicted molar refractivity (Wildman–Crippen MR) is 92.7 cm³/mol. The van der Waals surface area contributed by atoms with Gasteiger partial charge in [-0.15, -0.1) is 11.3 Å². The molecule has 3 heterocycles. The number of benzene rings is 1. The smallest absolute Gasteiger partial charge is 0.254 e. The summed E-state index contributed by atoms with van der Waals surface area (Å²) in [5, 5.41) is 6.85. The van der Waals surface area contributed by atoms with Crippen LogP contribution in [0.3, 0.4) is 0 Å². The molecule has 5 nitrogen and oxygen atoms in total. The Hall–Kier alpha value is -1.89. The first-order valence-electron chi connectivity index (χ1n) is 7.23. The van der Waals surface area contributed by atoms with Crippen LogP contribution in [-0.2, 0) is 0 Å². The van der Waals surface area contributed by atoms with Crippen molar-refractivity contribution in [1.82, 2.24) is 15.0 Å². The number of likely N-dealkylation sites (tertiary alicyclic amines) is 1. The second-order valence-electron chi connectivity index (χ2n) is 5.50. The quantitative estimate of drug-likeness (QED) is 0.678. The third kappa shape index (κ3) is 2.92. The van der Waals surface area contributed by atoms with Gasteiger partial charge in [0, 0.05) is 28.7 Å². The van der Waals surface area contributed by atoms with Gasteiger partial charge in [-0.25, -0.2) is 0 Å². The fourth-order valence-electron chi connectivity index (χ4n) is 2.57. The summed E-state index contributed by atoms with van der Waals surface area (Å²) in [7, 11) is 0. The average Bonchev–Trinajstić information content (AvgIpc) is 3.15. The highest BCUT2D eigenvalue weighted by Crippen LogP contribution is 2.30. The molecule has 1 aliphatic heterocycles. The molecule has 0 unspecified atom stereocenters. The summed E-state index contributed by atoms with van der Waals surface area (Å²) in [6.45, 7) is 1.07. The van der Waals surface area contributed by atoms with Gasteiger partial charge < -0.3 is 9.42 Å². The fraction of sp³-hybridized carbons (Fsp3) is 0.188. The summed E-state index contributed by atoms with van der Waals surface area (Å²) in [5.74, 6) is 1.11. The van der Waals surface area contributed by atoms with Crippen molar-refractivity contribution in [1.29, 1.82) is 0 Å². The number of halogens is 2. The second kappa shape index (κ2) is 6.20. The Labute approximate surface area is 151 Å². The number of carbonyl (C=O) groups is 1. The topological polar surface area (TPSA) is 59.2 Å². The maximum Gasteiger partial charge on any atom is 0.254 e. The first-order valence-corrected chi connectivity index (χ1v) is 8.86. The SMILES string of the molecule is O=C(c1cc(Cl)cc(Cl)c1)N1CC(c2nc(-c3cccs3)no2)C1. The van der Waals surface area contributed by atoms with Crippen molar-refractivity contribution in [3.8, 4) is 10.7 Å². The monoisotopic (exact) mass is 379 g/mol. The van der Waals surface area contributed by atoms with E-state index in [9.17, 15) is 4.79 Å². The Morgan fingerprint density at radius 2 is 2.00 bits per heavy atom. The number of amides is 1. The fourth-order valence-corrected chi connectivity index (χ4v) is 3.74. The van der Waals surface area contributed by atoms with Crippen molar-refractivity contribution in [2.75, 3.05) is 13.1 Å². The van der Waals surface area contributed by atoms with Crippen LogP contribution in [0.1, 0.15) is 22.2 Å². The van der Waals surface area contributed by atoms with Gasteiger partial charge in [0.2, 0.25) is 11.7 Å². The van der Waals surface area contributed by atoms with Crippen LogP contribution in [0.5, 0.6) is 0 Å². The van der Waals surface area contributed by atoms with Crippen LogP contribution in [0.2, 0.25) is 10.0 Å². The minimum Gasteiger partial charge on any atom is -0.339 e. The van der Waals surface area contributed by atoms with Gasteiger partial charge in [-0.2, -0.15) is 4.98 Å². The molecule has 1 fully saturated rings. The zero-order chi connectivity index (χ0) is 16.7. The minimum absolute atomic E-state index is 0.0600. The van der Waals surface area contributed by atoms with Gasteiger partial charge in [-0.1, -0.05) is 34.4 Å². The Morgan fingerprint density at radius 3 is 2.67 bits per heavy atom. The summed E-state index contributed by atoms with van der Waals surface area (Å²) >= 11 is 13.5. The molecule has 1 aromatic carbocycles. The molecule has 2 aromatic heterocycles. The van der Waals surface area contributed by atoms with E-state index in [0.717, 1.165) is 4.88 Å². The predicted octanol–water partition coefficient (Wildman–Crippen LogP) is 4.34. The van der Waals surface area contributed by atoms with Gasteiger partial charge in [0.15, 0.2) is 0 Å². The maximum absolute atomic E-state index is 12.4. The van der Waals surface area contributed by atoms with Crippen molar-refractivity contribution in [3.63, 3.8) is 0 Å². The number of aromatic nitrogens is 2. The summed E-state index contributed by atoms with van der Waals surface area (Å²) in [4.78, 5) is 19.5. The number of hydrogen-bond acceptors (Lipinski definition) is 5. The normalized spacial score (nSPS) is 14.7. The lowest BCUT2D eigenvalue weighted by Gasteiger charge is -2.37. The van der Waals surface area contributed by atoms with Crippen molar-refractivity contribution in [2.45, 2.75) is 5.92 Å². The lowest BCUT2D eigenvalue weighted by molar-refractivity contribution is 0.0569. The summed E-state index contributed by atoms with van der Waals surface area (Å²) < 4.78 is 5.33. The number of hydrogen-bond donors (Lipinski definition) is 0. The van der Waals surface area contributed by atoms with Crippen LogP contribution in [0.4, 0.5) is 0 Å².